The van der Waals surface area contributed by atoms with Gasteiger partial charge in [0.15, 0.2) is 0 Å². The third kappa shape index (κ3) is 3.18. The lowest BCUT2D eigenvalue weighted by molar-refractivity contribution is -0.133. The van der Waals surface area contributed by atoms with Crippen LogP contribution in [-0.2, 0) is 9.59 Å². The predicted octanol–water partition coefficient (Wildman–Crippen LogP) is -1.78. The molecule has 0 aromatic rings. The smallest absolute Gasteiger partial charge is 0.236 e. The maximum atomic E-state index is 11.7. The minimum absolute atomic E-state index is 0.0238. The first-order valence-corrected chi connectivity index (χ1v) is 5.54. The minimum atomic E-state index is -0.376. The first-order valence-electron chi connectivity index (χ1n) is 5.54. The Morgan fingerprint density at radius 2 is 2.25 bits per heavy atom. The molecular weight excluding hydrogens is 208 g/mol. The number of rotatable bonds is 4. The normalized spacial score (nSPS) is 21.8. The summed E-state index contributed by atoms with van der Waals surface area (Å²) in [6, 6.07) is -0.372. The summed E-state index contributed by atoms with van der Waals surface area (Å²) >= 11 is 0. The van der Waals surface area contributed by atoms with Crippen LogP contribution in [0.1, 0.15) is 6.92 Å². The van der Waals surface area contributed by atoms with E-state index in [1.807, 2.05) is 11.8 Å². The maximum Gasteiger partial charge on any atom is 0.236 e. The molecule has 0 radical (unpaired) electrons. The molecule has 0 aromatic heterocycles. The summed E-state index contributed by atoms with van der Waals surface area (Å²) in [7, 11) is 1.75. The van der Waals surface area contributed by atoms with Crippen LogP contribution in [0.2, 0.25) is 0 Å². The van der Waals surface area contributed by atoms with Gasteiger partial charge < -0.3 is 16.0 Å². The molecule has 1 rings (SSSR count). The zero-order valence-corrected chi connectivity index (χ0v) is 9.90. The molecule has 1 atom stereocenters. The lowest BCUT2D eigenvalue weighted by Gasteiger charge is -2.34. The quantitative estimate of drug-likeness (QED) is 0.596. The molecule has 0 bridgehead atoms. The van der Waals surface area contributed by atoms with Crippen LogP contribution in [0.3, 0.4) is 0 Å². The summed E-state index contributed by atoms with van der Waals surface area (Å²) in [6.07, 6.45) is 0. The van der Waals surface area contributed by atoms with Gasteiger partial charge in [0.25, 0.3) is 0 Å². The van der Waals surface area contributed by atoms with E-state index < -0.39 is 0 Å². The second-order valence-electron chi connectivity index (χ2n) is 4.00. The molecule has 3 N–H and O–H groups in total. The summed E-state index contributed by atoms with van der Waals surface area (Å²) in [5, 5.41) is 3.10. The Morgan fingerprint density at radius 3 is 2.81 bits per heavy atom. The second kappa shape index (κ2) is 5.81. The van der Waals surface area contributed by atoms with Crippen molar-refractivity contribution in [3.63, 3.8) is 0 Å². The van der Waals surface area contributed by atoms with E-state index in [4.69, 9.17) is 5.73 Å². The van der Waals surface area contributed by atoms with E-state index in [2.05, 4.69) is 5.32 Å². The summed E-state index contributed by atoms with van der Waals surface area (Å²) in [4.78, 5) is 26.4. The third-order valence-corrected chi connectivity index (χ3v) is 2.92. The van der Waals surface area contributed by atoms with Gasteiger partial charge in [-0.15, -0.1) is 0 Å². The van der Waals surface area contributed by atoms with E-state index in [1.54, 1.807) is 11.9 Å². The standard InChI is InChI=1S/C10H20N4O2/c1-3-13(2)9(15)7-14-5-4-12-6-8(14)10(11)16/h8,12H,3-7H2,1-2H3,(H2,11,16). The predicted molar refractivity (Wildman–Crippen MR) is 60.7 cm³/mol. The number of likely N-dealkylation sites (N-methyl/N-ethyl adjacent to an activating group) is 1. The lowest BCUT2D eigenvalue weighted by Crippen LogP contribution is -2.58. The van der Waals surface area contributed by atoms with E-state index in [0.29, 0.717) is 19.6 Å². The van der Waals surface area contributed by atoms with Crippen LogP contribution >= 0.6 is 0 Å². The van der Waals surface area contributed by atoms with Gasteiger partial charge in [-0.25, -0.2) is 0 Å². The monoisotopic (exact) mass is 228 g/mol. The Labute approximate surface area is 95.8 Å². The highest BCUT2D eigenvalue weighted by atomic mass is 16.2. The van der Waals surface area contributed by atoms with Crippen LogP contribution < -0.4 is 11.1 Å². The van der Waals surface area contributed by atoms with E-state index in [0.717, 1.165) is 6.54 Å². The van der Waals surface area contributed by atoms with Gasteiger partial charge in [-0.2, -0.15) is 0 Å². The third-order valence-electron chi connectivity index (χ3n) is 2.92. The van der Waals surface area contributed by atoms with Crippen LogP contribution in [-0.4, -0.2) is 67.4 Å². The fourth-order valence-electron chi connectivity index (χ4n) is 1.69. The number of piperazine rings is 1. The summed E-state index contributed by atoms with van der Waals surface area (Å²) in [5.74, 6) is -0.352. The van der Waals surface area contributed by atoms with Crippen molar-refractivity contribution in [2.24, 2.45) is 5.73 Å². The molecule has 16 heavy (non-hydrogen) atoms. The number of hydrogen-bond donors (Lipinski definition) is 2. The molecular formula is C10H20N4O2. The van der Waals surface area contributed by atoms with Crippen LogP contribution in [0.25, 0.3) is 0 Å². The fourth-order valence-corrected chi connectivity index (χ4v) is 1.69. The fraction of sp³-hybridized carbons (Fsp3) is 0.800. The van der Waals surface area contributed by atoms with Crippen molar-refractivity contribution in [2.75, 3.05) is 39.8 Å². The summed E-state index contributed by atoms with van der Waals surface area (Å²) in [6.45, 7) is 4.84. The van der Waals surface area contributed by atoms with Gasteiger partial charge in [0.05, 0.1) is 6.54 Å². The topological polar surface area (TPSA) is 78.7 Å². The number of nitrogens with two attached hydrogens (primary N) is 1. The van der Waals surface area contributed by atoms with Gasteiger partial charge in [0.1, 0.15) is 6.04 Å². The van der Waals surface area contributed by atoms with E-state index >= 15 is 0 Å². The molecule has 0 aliphatic carbocycles. The van der Waals surface area contributed by atoms with Crippen molar-refractivity contribution >= 4 is 11.8 Å². The number of primary amides is 1. The van der Waals surface area contributed by atoms with Crippen molar-refractivity contribution < 1.29 is 9.59 Å². The molecule has 0 saturated carbocycles. The minimum Gasteiger partial charge on any atom is -0.368 e. The Morgan fingerprint density at radius 1 is 1.56 bits per heavy atom. The largest absolute Gasteiger partial charge is 0.368 e. The van der Waals surface area contributed by atoms with Gasteiger partial charge >= 0.3 is 0 Å². The molecule has 0 spiro atoms. The van der Waals surface area contributed by atoms with Gasteiger partial charge in [0, 0.05) is 33.2 Å². The molecule has 2 amide bonds. The Bertz CT molecular complexity index is 270. The van der Waals surface area contributed by atoms with Crippen molar-refractivity contribution in [3.8, 4) is 0 Å². The molecule has 1 aliphatic heterocycles. The van der Waals surface area contributed by atoms with E-state index in [1.165, 1.54) is 0 Å². The van der Waals surface area contributed by atoms with Crippen LogP contribution in [0.4, 0.5) is 0 Å². The maximum absolute atomic E-state index is 11.7. The molecule has 6 heteroatoms. The van der Waals surface area contributed by atoms with E-state index in [9.17, 15) is 9.59 Å². The molecule has 92 valence electrons. The number of hydrogen-bond acceptors (Lipinski definition) is 4. The summed E-state index contributed by atoms with van der Waals surface area (Å²) < 4.78 is 0. The van der Waals surface area contributed by atoms with Crippen molar-refractivity contribution in [1.82, 2.24) is 15.1 Å². The first kappa shape index (κ1) is 12.9. The van der Waals surface area contributed by atoms with Gasteiger partial charge in [0.2, 0.25) is 11.8 Å². The molecule has 1 aliphatic rings. The lowest BCUT2D eigenvalue weighted by atomic mass is 10.2. The number of carbonyl (C=O) groups excluding carboxylic acids is 2. The Hall–Kier alpha value is -1.14. The second-order valence-corrected chi connectivity index (χ2v) is 4.00. The SMILES string of the molecule is CCN(C)C(=O)CN1CCNCC1C(N)=O. The van der Waals surface area contributed by atoms with Gasteiger partial charge in [-0.3, -0.25) is 14.5 Å². The molecule has 6 nitrogen and oxygen atoms in total. The van der Waals surface area contributed by atoms with Gasteiger partial charge in [-0.1, -0.05) is 0 Å². The first-order chi connectivity index (χ1) is 7.56. The zero-order chi connectivity index (χ0) is 12.1. The molecule has 1 saturated heterocycles. The highest BCUT2D eigenvalue weighted by Crippen LogP contribution is 2.03. The number of nitrogens with one attached hydrogen (secondary N) is 1. The highest BCUT2D eigenvalue weighted by Gasteiger charge is 2.28. The highest BCUT2D eigenvalue weighted by molar-refractivity contribution is 5.82. The van der Waals surface area contributed by atoms with Crippen molar-refractivity contribution in [1.29, 1.82) is 0 Å². The number of amides is 2. The molecule has 1 unspecified atom stereocenters. The average Bonchev–Trinajstić information content (AvgIpc) is 2.28. The Kier molecular flexibility index (Phi) is 4.70. The molecule has 0 aromatic carbocycles. The average molecular weight is 228 g/mol. The van der Waals surface area contributed by atoms with Crippen LogP contribution in [0.5, 0.6) is 0 Å². The summed E-state index contributed by atoms with van der Waals surface area (Å²) in [5.41, 5.74) is 5.30. The van der Waals surface area contributed by atoms with Crippen molar-refractivity contribution in [2.45, 2.75) is 13.0 Å². The Balaban J connectivity index is 2.56. The number of nitrogens with zero attached hydrogens (tertiary/aromatic N) is 2. The van der Waals surface area contributed by atoms with E-state index in [-0.39, 0.29) is 24.4 Å². The van der Waals surface area contributed by atoms with Crippen LogP contribution in [0, 0.1) is 0 Å². The van der Waals surface area contributed by atoms with Crippen molar-refractivity contribution in [3.05, 3.63) is 0 Å². The van der Waals surface area contributed by atoms with Gasteiger partial charge in [-0.05, 0) is 6.92 Å². The molecule has 1 heterocycles. The zero-order valence-electron chi connectivity index (χ0n) is 9.90. The number of carbonyl (C=O) groups is 2. The van der Waals surface area contributed by atoms with Crippen LogP contribution in [0.15, 0.2) is 0 Å². The molecule has 1 fully saturated rings.